The summed E-state index contributed by atoms with van der Waals surface area (Å²) in [6, 6.07) is 10.1. The lowest BCUT2D eigenvalue weighted by molar-refractivity contribution is 0.101. The first kappa shape index (κ1) is 36.2. The van der Waals surface area contributed by atoms with E-state index in [0.717, 1.165) is 94.1 Å². The van der Waals surface area contributed by atoms with Gasteiger partial charge in [0.05, 0.1) is 36.1 Å². The quantitative estimate of drug-likeness (QED) is 0.153. The van der Waals surface area contributed by atoms with Crippen molar-refractivity contribution in [3.63, 3.8) is 0 Å². The van der Waals surface area contributed by atoms with E-state index in [9.17, 15) is 4.79 Å². The smallest absolute Gasteiger partial charge is 0.189 e. The van der Waals surface area contributed by atoms with E-state index in [4.69, 9.17) is 23.7 Å². The van der Waals surface area contributed by atoms with Crippen LogP contribution < -0.4 is 23.7 Å². The standard InChI is InChI=1S/C45H62O6/c46-42(28-26-33-30-39(47-34-16-6-1-7-17-34)27-29-43(33)49-36-20-10-3-11-21-36)41-31-40(48-35-18-8-2-9-19-35)32-44(50-37-22-12-4-13-23-37)45(41)51-38-24-14-5-15-25-38/h26-32,34-38H,1-25H2. The van der Waals surface area contributed by atoms with E-state index in [0.29, 0.717) is 22.8 Å². The summed E-state index contributed by atoms with van der Waals surface area (Å²) in [5.74, 6) is 3.52. The molecule has 0 radical (unpaired) electrons. The molecule has 5 saturated carbocycles. The van der Waals surface area contributed by atoms with Crippen LogP contribution >= 0.6 is 0 Å². The van der Waals surface area contributed by atoms with Crippen molar-refractivity contribution < 1.29 is 28.5 Å². The average molecular weight is 699 g/mol. The average Bonchev–Trinajstić information content (AvgIpc) is 3.17. The Balaban J connectivity index is 1.21. The molecule has 0 N–H and O–H groups in total. The summed E-state index contributed by atoms with van der Waals surface area (Å²) in [5, 5.41) is 0. The van der Waals surface area contributed by atoms with Gasteiger partial charge in [0.25, 0.3) is 0 Å². The minimum atomic E-state index is -0.106. The van der Waals surface area contributed by atoms with Gasteiger partial charge in [-0.25, -0.2) is 0 Å². The highest BCUT2D eigenvalue weighted by Crippen LogP contribution is 2.42. The summed E-state index contributed by atoms with van der Waals surface area (Å²) in [6.45, 7) is 0. The normalized spacial score (nSPS) is 22.1. The van der Waals surface area contributed by atoms with Gasteiger partial charge in [0, 0.05) is 11.6 Å². The minimum Gasteiger partial charge on any atom is -0.490 e. The topological polar surface area (TPSA) is 63.2 Å². The Kier molecular flexibility index (Phi) is 13.2. The van der Waals surface area contributed by atoms with Gasteiger partial charge >= 0.3 is 0 Å². The van der Waals surface area contributed by atoms with Crippen molar-refractivity contribution >= 4 is 11.9 Å². The van der Waals surface area contributed by atoms with Crippen LogP contribution in [0.15, 0.2) is 36.4 Å². The molecule has 278 valence electrons. The Morgan fingerprint density at radius 2 is 0.882 bits per heavy atom. The largest absolute Gasteiger partial charge is 0.490 e. The van der Waals surface area contributed by atoms with E-state index in [-0.39, 0.29) is 36.3 Å². The molecule has 0 saturated heterocycles. The van der Waals surface area contributed by atoms with Crippen molar-refractivity contribution in [3.8, 4) is 28.7 Å². The fraction of sp³-hybridized carbons (Fsp3) is 0.667. The lowest BCUT2D eigenvalue weighted by atomic mass is 9.96. The highest BCUT2D eigenvalue weighted by Gasteiger charge is 2.27. The van der Waals surface area contributed by atoms with Gasteiger partial charge in [0.1, 0.15) is 17.2 Å². The van der Waals surface area contributed by atoms with Crippen LogP contribution in [0.25, 0.3) is 6.08 Å². The maximum absolute atomic E-state index is 14.5. The molecule has 0 unspecified atom stereocenters. The second kappa shape index (κ2) is 18.6. The van der Waals surface area contributed by atoms with Gasteiger partial charge in [-0.05, 0) is 165 Å². The van der Waals surface area contributed by atoms with E-state index >= 15 is 0 Å². The number of carbonyl (C=O) groups excluding carboxylic acids is 1. The van der Waals surface area contributed by atoms with Crippen LogP contribution in [0.1, 0.15) is 176 Å². The van der Waals surface area contributed by atoms with Crippen molar-refractivity contribution in [3.05, 3.63) is 47.5 Å². The van der Waals surface area contributed by atoms with Crippen LogP contribution in [-0.4, -0.2) is 36.3 Å². The summed E-state index contributed by atoms with van der Waals surface area (Å²) in [4.78, 5) is 14.5. The predicted octanol–water partition coefficient (Wildman–Crippen LogP) is 12.1. The molecule has 0 bridgehead atoms. The molecule has 0 heterocycles. The van der Waals surface area contributed by atoms with Gasteiger partial charge in [0.15, 0.2) is 17.3 Å². The molecule has 0 amide bonds. The molecule has 2 aromatic rings. The first-order valence-electron chi connectivity index (χ1n) is 21.0. The van der Waals surface area contributed by atoms with Crippen molar-refractivity contribution in [1.82, 2.24) is 0 Å². The Morgan fingerprint density at radius 3 is 1.39 bits per heavy atom. The molecule has 2 aromatic carbocycles. The van der Waals surface area contributed by atoms with Crippen LogP contribution in [0.5, 0.6) is 28.7 Å². The van der Waals surface area contributed by atoms with Gasteiger partial charge in [-0.2, -0.15) is 0 Å². The molecule has 5 aliphatic rings. The lowest BCUT2D eigenvalue weighted by Crippen LogP contribution is -2.24. The van der Waals surface area contributed by atoms with E-state index in [1.807, 2.05) is 30.3 Å². The number of rotatable bonds is 13. The fourth-order valence-corrected chi connectivity index (χ4v) is 8.96. The van der Waals surface area contributed by atoms with Gasteiger partial charge in [-0.15, -0.1) is 0 Å². The van der Waals surface area contributed by atoms with Gasteiger partial charge in [0.2, 0.25) is 0 Å². The van der Waals surface area contributed by atoms with Gasteiger partial charge in [-0.3, -0.25) is 4.79 Å². The van der Waals surface area contributed by atoms with Crippen molar-refractivity contribution in [2.24, 2.45) is 0 Å². The molecule has 5 fully saturated rings. The monoisotopic (exact) mass is 698 g/mol. The van der Waals surface area contributed by atoms with E-state index in [1.165, 1.54) is 83.5 Å². The zero-order valence-corrected chi connectivity index (χ0v) is 31.1. The third-order valence-electron chi connectivity index (χ3n) is 11.9. The van der Waals surface area contributed by atoms with Gasteiger partial charge in [-0.1, -0.05) is 32.1 Å². The van der Waals surface area contributed by atoms with Crippen LogP contribution in [0.2, 0.25) is 0 Å². The number of carbonyl (C=O) groups is 1. The van der Waals surface area contributed by atoms with E-state index in [1.54, 1.807) is 6.08 Å². The Labute approximate surface area is 307 Å². The predicted molar refractivity (Wildman–Crippen MR) is 204 cm³/mol. The van der Waals surface area contributed by atoms with Crippen LogP contribution in [-0.2, 0) is 0 Å². The number of benzene rings is 2. The van der Waals surface area contributed by atoms with Crippen LogP contribution in [0, 0.1) is 0 Å². The van der Waals surface area contributed by atoms with E-state index < -0.39 is 0 Å². The maximum atomic E-state index is 14.5. The highest BCUT2D eigenvalue weighted by molar-refractivity contribution is 6.09. The number of hydrogen-bond acceptors (Lipinski definition) is 6. The Hall–Kier alpha value is -3.15. The first-order valence-corrected chi connectivity index (χ1v) is 21.0. The van der Waals surface area contributed by atoms with Crippen LogP contribution in [0.3, 0.4) is 0 Å². The molecule has 51 heavy (non-hydrogen) atoms. The Bertz CT molecular complexity index is 1420. The van der Waals surface area contributed by atoms with Crippen molar-refractivity contribution in [1.29, 1.82) is 0 Å². The second-order valence-electron chi connectivity index (χ2n) is 16.1. The highest BCUT2D eigenvalue weighted by atomic mass is 16.5. The lowest BCUT2D eigenvalue weighted by Gasteiger charge is -2.29. The number of ether oxygens (including phenoxy) is 5. The number of hydrogen-bond donors (Lipinski definition) is 0. The molecule has 0 aliphatic heterocycles. The molecular weight excluding hydrogens is 636 g/mol. The second-order valence-corrected chi connectivity index (χ2v) is 16.1. The summed E-state index contributed by atoms with van der Waals surface area (Å²) in [5.41, 5.74) is 1.41. The van der Waals surface area contributed by atoms with Crippen molar-refractivity contribution in [2.45, 2.75) is 191 Å². The summed E-state index contributed by atoms with van der Waals surface area (Å²) in [6.07, 6.45) is 33.1. The van der Waals surface area contributed by atoms with Gasteiger partial charge < -0.3 is 23.7 Å². The molecule has 0 spiro atoms. The summed E-state index contributed by atoms with van der Waals surface area (Å²) in [7, 11) is 0. The first-order chi connectivity index (χ1) is 25.2. The molecule has 7 rings (SSSR count). The molecule has 6 nitrogen and oxygen atoms in total. The maximum Gasteiger partial charge on any atom is 0.189 e. The van der Waals surface area contributed by atoms with E-state index in [2.05, 4.69) is 6.07 Å². The third-order valence-corrected chi connectivity index (χ3v) is 11.9. The van der Waals surface area contributed by atoms with Crippen LogP contribution in [0.4, 0.5) is 0 Å². The molecule has 0 aromatic heterocycles. The molecule has 5 aliphatic carbocycles. The summed E-state index contributed by atoms with van der Waals surface area (Å²) < 4.78 is 33.3. The zero-order chi connectivity index (χ0) is 34.7. The number of ketones is 1. The SMILES string of the molecule is O=C(C=Cc1cc(OC2CCCCC2)ccc1OC1CCCCC1)c1cc(OC2CCCCC2)cc(OC2CCCCC2)c1OC1CCCCC1. The molecular formula is C45H62O6. The fourth-order valence-electron chi connectivity index (χ4n) is 8.96. The summed E-state index contributed by atoms with van der Waals surface area (Å²) >= 11 is 0. The molecule has 6 heteroatoms. The Morgan fingerprint density at radius 1 is 0.451 bits per heavy atom. The third kappa shape index (κ3) is 10.5. The molecule has 0 atom stereocenters. The number of allylic oxidation sites excluding steroid dienone is 1. The minimum absolute atomic E-state index is 0.0808. The van der Waals surface area contributed by atoms with Crippen molar-refractivity contribution in [2.75, 3.05) is 0 Å². The zero-order valence-electron chi connectivity index (χ0n) is 31.1.